The number of hydrogen-bond acceptors (Lipinski definition) is 5. The second kappa shape index (κ2) is 11.5. The first-order valence-electron chi connectivity index (χ1n) is 12.4. The van der Waals surface area contributed by atoms with Crippen molar-refractivity contribution in [3.8, 4) is 27.7 Å². The van der Waals surface area contributed by atoms with Crippen LogP contribution >= 0.6 is 11.3 Å². The van der Waals surface area contributed by atoms with E-state index in [1.807, 2.05) is 37.4 Å². The highest BCUT2D eigenvalue weighted by Crippen LogP contribution is 2.32. The molecule has 4 aromatic rings. The van der Waals surface area contributed by atoms with Gasteiger partial charge in [0.1, 0.15) is 10.8 Å². The van der Waals surface area contributed by atoms with Crippen molar-refractivity contribution in [2.45, 2.75) is 47.1 Å². The maximum Gasteiger partial charge on any atom is 0.253 e. The Morgan fingerprint density at radius 3 is 2.64 bits per heavy atom. The first kappa shape index (κ1) is 25.6. The molecular weight excluding hydrogens is 468 g/mol. The Kier molecular flexibility index (Phi) is 8.21. The maximum absolute atomic E-state index is 13.0. The summed E-state index contributed by atoms with van der Waals surface area (Å²) in [7, 11) is 1.67. The molecule has 1 amide bonds. The van der Waals surface area contributed by atoms with Crippen molar-refractivity contribution in [2.75, 3.05) is 13.7 Å². The molecule has 0 unspecified atom stereocenters. The van der Waals surface area contributed by atoms with Gasteiger partial charge in [0.05, 0.1) is 24.1 Å². The van der Waals surface area contributed by atoms with E-state index in [0.29, 0.717) is 18.0 Å². The average molecular weight is 503 g/mol. The smallest absolute Gasteiger partial charge is 0.253 e. The molecule has 7 heteroatoms. The summed E-state index contributed by atoms with van der Waals surface area (Å²) in [6, 6.07) is 14.2. The van der Waals surface area contributed by atoms with Crippen LogP contribution in [0.1, 0.15) is 48.1 Å². The minimum absolute atomic E-state index is 0.0391. The van der Waals surface area contributed by atoms with E-state index < -0.39 is 0 Å². The topological polar surface area (TPSA) is 69.0 Å². The summed E-state index contributed by atoms with van der Waals surface area (Å²) in [6.07, 6.45) is 3.56. The number of rotatable bonds is 10. The van der Waals surface area contributed by atoms with E-state index >= 15 is 0 Å². The van der Waals surface area contributed by atoms with Crippen LogP contribution < -0.4 is 10.1 Å². The summed E-state index contributed by atoms with van der Waals surface area (Å²) < 4.78 is 7.51. The Bertz CT molecular complexity index is 1320. The van der Waals surface area contributed by atoms with Crippen LogP contribution in [0.5, 0.6) is 5.75 Å². The third kappa shape index (κ3) is 5.85. The molecule has 6 nitrogen and oxygen atoms in total. The molecule has 1 N–H and O–H groups in total. The zero-order chi connectivity index (χ0) is 25.7. The molecule has 0 aliphatic carbocycles. The standard InChI is InChI=1S/C29H34N4O2S/c1-6-23-15-22(11-13-30-23)29-32-26(18-36-29)27-16-25(28(34)31-17-19(2)3)20(4)33(27)14-12-21-7-9-24(35-5)10-8-21/h7-11,13,15-16,18-19H,6,12,14,17H2,1-5H3,(H,31,34). The van der Waals surface area contributed by atoms with E-state index in [9.17, 15) is 4.79 Å². The quantitative estimate of drug-likeness (QED) is 0.281. The van der Waals surface area contributed by atoms with Gasteiger partial charge in [0.25, 0.3) is 5.91 Å². The number of aryl methyl sites for hydroxylation is 2. The van der Waals surface area contributed by atoms with E-state index in [2.05, 4.69) is 59.2 Å². The van der Waals surface area contributed by atoms with Crippen molar-refractivity contribution in [2.24, 2.45) is 5.92 Å². The molecule has 4 rings (SSSR count). The van der Waals surface area contributed by atoms with Gasteiger partial charge in [-0.25, -0.2) is 4.98 Å². The van der Waals surface area contributed by atoms with Crippen LogP contribution in [0.25, 0.3) is 22.0 Å². The molecule has 36 heavy (non-hydrogen) atoms. The van der Waals surface area contributed by atoms with Crippen LogP contribution in [0.3, 0.4) is 0 Å². The summed E-state index contributed by atoms with van der Waals surface area (Å²) in [5.74, 6) is 1.20. The number of amides is 1. The molecule has 0 aliphatic rings. The molecule has 0 bridgehead atoms. The minimum Gasteiger partial charge on any atom is -0.497 e. The molecule has 0 saturated carbocycles. The molecule has 0 aliphatic heterocycles. The first-order valence-corrected chi connectivity index (χ1v) is 13.3. The third-order valence-electron chi connectivity index (χ3n) is 6.26. The van der Waals surface area contributed by atoms with Crippen LogP contribution in [0.2, 0.25) is 0 Å². The lowest BCUT2D eigenvalue weighted by Gasteiger charge is -2.12. The summed E-state index contributed by atoms with van der Waals surface area (Å²) in [6.45, 7) is 9.70. The average Bonchev–Trinajstić information content (AvgIpc) is 3.51. The summed E-state index contributed by atoms with van der Waals surface area (Å²) in [4.78, 5) is 22.4. The van der Waals surface area contributed by atoms with E-state index in [4.69, 9.17) is 9.72 Å². The number of ether oxygens (including phenoxy) is 1. The molecular formula is C29H34N4O2S. The van der Waals surface area contributed by atoms with Crippen LogP contribution in [-0.4, -0.2) is 34.1 Å². The summed E-state index contributed by atoms with van der Waals surface area (Å²) in [5, 5.41) is 6.10. The van der Waals surface area contributed by atoms with Gasteiger partial charge >= 0.3 is 0 Å². The van der Waals surface area contributed by atoms with Crippen LogP contribution in [-0.2, 0) is 19.4 Å². The molecule has 0 atom stereocenters. The van der Waals surface area contributed by atoms with Gasteiger partial charge in [0.2, 0.25) is 0 Å². The van der Waals surface area contributed by atoms with Gasteiger partial charge < -0.3 is 14.6 Å². The molecule has 0 fully saturated rings. The number of carbonyl (C=O) groups is 1. The van der Waals surface area contributed by atoms with Crippen molar-refractivity contribution >= 4 is 17.2 Å². The van der Waals surface area contributed by atoms with Crippen LogP contribution in [0, 0.1) is 12.8 Å². The molecule has 3 heterocycles. The second-order valence-electron chi connectivity index (χ2n) is 9.31. The monoisotopic (exact) mass is 502 g/mol. The number of pyridine rings is 1. The van der Waals surface area contributed by atoms with Crippen molar-refractivity contribution < 1.29 is 9.53 Å². The predicted octanol–water partition coefficient (Wildman–Crippen LogP) is 6.18. The SMILES string of the molecule is CCc1cc(-c2nc(-c3cc(C(=O)NCC(C)C)c(C)n3CCc3ccc(OC)cc3)cs2)ccn1. The van der Waals surface area contributed by atoms with Gasteiger partial charge in [-0.1, -0.05) is 32.9 Å². The van der Waals surface area contributed by atoms with Crippen LogP contribution in [0.15, 0.2) is 54.0 Å². The highest BCUT2D eigenvalue weighted by molar-refractivity contribution is 7.13. The Balaban J connectivity index is 1.67. The summed E-state index contributed by atoms with van der Waals surface area (Å²) in [5.41, 5.74) is 6.82. The molecule has 3 aromatic heterocycles. The third-order valence-corrected chi connectivity index (χ3v) is 7.15. The van der Waals surface area contributed by atoms with E-state index in [0.717, 1.165) is 58.5 Å². The van der Waals surface area contributed by atoms with Crippen molar-refractivity contribution in [3.05, 3.63) is 76.6 Å². The number of thiazole rings is 1. The number of carbonyl (C=O) groups excluding carboxylic acids is 1. The second-order valence-corrected chi connectivity index (χ2v) is 10.2. The molecule has 1 aromatic carbocycles. The van der Waals surface area contributed by atoms with Gasteiger partial charge in [0, 0.05) is 41.6 Å². The zero-order valence-electron chi connectivity index (χ0n) is 21.7. The van der Waals surface area contributed by atoms with Crippen LogP contribution in [0.4, 0.5) is 0 Å². The Hall–Kier alpha value is -3.45. The van der Waals surface area contributed by atoms with E-state index in [1.54, 1.807) is 18.4 Å². The lowest BCUT2D eigenvalue weighted by molar-refractivity contribution is 0.0948. The van der Waals surface area contributed by atoms with Crippen molar-refractivity contribution in [1.29, 1.82) is 0 Å². The molecule has 0 spiro atoms. The van der Waals surface area contributed by atoms with Gasteiger partial charge in [-0.05, 0) is 61.6 Å². The Morgan fingerprint density at radius 1 is 1.17 bits per heavy atom. The molecule has 0 saturated heterocycles. The normalized spacial score (nSPS) is 11.2. The van der Waals surface area contributed by atoms with Gasteiger partial charge in [-0.2, -0.15) is 0 Å². The number of aromatic nitrogens is 3. The highest BCUT2D eigenvalue weighted by Gasteiger charge is 2.20. The number of hydrogen-bond donors (Lipinski definition) is 1. The van der Waals surface area contributed by atoms with Gasteiger partial charge in [0.15, 0.2) is 0 Å². The maximum atomic E-state index is 13.0. The number of benzene rings is 1. The lowest BCUT2D eigenvalue weighted by atomic mass is 10.1. The molecule has 0 radical (unpaired) electrons. The Labute approximate surface area is 217 Å². The predicted molar refractivity (Wildman–Crippen MR) is 147 cm³/mol. The largest absolute Gasteiger partial charge is 0.497 e. The fraction of sp³-hybridized carbons (Fsp3) is 0.345. The molecule has 188 valence electrons. The van der Waals surface area contributed by atoms with E-state index in [-0.39, 0.29) is 5.91 Å². The van der Waals surface area contributed by atoms with Gasteiger partial charge in [-0.15, -0.1) is 11.3 Å². The Morgan fingerprint density at radius 2 is 1.94 bits per heavy atom. The number of methoxy groups -OCH3 is 1. The zero-order valence-corrected chi connectivity index (χ0v) is 22.5. The van der Waals surface area contributed by atoms with Crippen molar-refractivity contribution in [3.63, 3.8) is 0 Å². The fourth-order valence-corrected chi connectivity index (χ4v) is 4.94. The summed E-state index contributed by atoms with van der Waals surface area (Å²) >= 11 is 1.61. The lowest BCUT2D eigenvalue weighted by Crippen LogP contribution is -2.27. The van der Waals surface area contributed by atoms with Gasteiger partial charge in [-0.3, -0.25) is 9.78 Å². The van der Waals surface area contributed by atoms with Crippen molar-refractivity contribution in [1.82, 2.24) is 19.9 Å². The van der Waals surface area contributed by atoms with E-state index in [1.165, 1.54) is 5.56 Å². The minimum atomic E-state index is -0.0391. The first-order chi connectivity index (χ1) is 17.4. The number of nitrogens with one attached hydrogen (secondary N) is 1. The fourth-order valence-electron chi connectivity index (χ4n) is 4.13. The highest BCUT2D eigenvalue weighted by atomic mass is 32.1. The number of nitrogens with zero attached hydrogens (tertiary/aromatic N) is 3.